The van der Waals surface area contributed by atoms with E-state index in [-0.39, 0.29) is 0 Å². The molecule has 1 aliphatic rings. The van der Waals surface area contributed by atoms with Gasteiger partial charge in [0.2, 0.25) is 0 Å². The molecule has 1 aromatic rings. The lowest BCUT2D eigenvalue weighted by molar-refractivity contribution is 0.159. The Hall–Kier alpha value is -1.09. The minimum absolute atomic E-state index is 0.747. The Bertz CT molecular complexity index is 351. The van der Waals surface area contributed by atoms with E-state index >= 15 is 0 Å². The van der Waals surface area contributed by atoms with E-state index < -0.39 is 0 Å². The van der Waals surface area contributed by atoms with E-state index in [0.717, 1.165) is 36.2 Å². The number of nitrogen functional groups attached to an aromatic ring is 1. The number of hydrogen-bond acceptors (Lipinski definition) is 3. The Morgan fingerprint density at radius 3 is 2.61 bits per heavy atom. The van der Waals surface area contributed by atoms with Gasteiger partial charge in [0.1, 0.15) is 0 Å². The van der Waals surface area contributed by atoms with Crippen LogP contribution in [-0.4, -0.2) is 29.5 Å². The van der Waals surface area contributed by atoms with Crippen LogP contribution in [0.2, 0.25) is 0 Å². The zero-order valence-electron chi connectivity index (χ0n) is 11.6. The number of piperidine rings is 1. The monoisotopic (exact) mass is 247 g/mol. The van der Waals surface area contributed by atoms with Crippen molar-refractivity contribution in [2.45, 2.75) is 33.1 Å². The Labute approximate surface area is 110 Å². The van der Waals surface area contributed by atoms with Crippen LogP contribution in [-0.2, 0) is 6.42 Å². The molecule has 1 fully saturated rings. The van der Waals surface area contributed by atoms with Gasteiger partial charge >= 0.3 is 0 Å². The van der Waals surface area contributed by atoms with E-state index in [2.05, 4.69) is 23.7 Å². The van der Waals surface area contributed by atoms with Crippen LogP contribution in [0.3, 0.4) is 0 Å². The van der Waals surface area contributed by atoms with Crippen molar-refractivity contribution >= 4 is 5.69 Å². The summed E-state index contributed by atoms with van der Waals surface area (Å²) in [5.41, 5.74) is 7.53. The number of nitrogens with two attached hydrogens (primary N) is 1. The molecule has 0 amide bonds. The van der Waals surface area contributed by atoms with Crippen LogP contribution < -0.4 is 5.73 Å². The summed E-state index contributed by atoms with van der Waals surface area (Å²) in [4.78, 5) is 6.92. The zero-order chi connectivity index (χ0) is 13.0. The van der Waals surface area contributed by atoms with Crippen molar-refractivity contribution < 1.29 is 0 Å². The van der Waals surface area contributed by atoms with Gasteiger partial charge in [-0.25, -0.2) is 0 Å². The molecule has 0 radical (unpaired) electrons. The van der Waals surface area contributed by atoms with Gasteiger partial charge in [-0.15, -0.1) is 0 Å². The average molecular weight is 247 g/mol. The first-order chi connectivity index (χ1) is 8.65. The smallest absolute Gasteiger partial charge is 0.0501 e. The second-order valence-corrected chi connectivity index (χ2v) is 5.76. The van der Waals surface area contributed by atoms with Gasteiger partial charge in [0, 0.05) is 18.7 Å². The van der Waals surface area contributed by atoms with Crippen LogP contribution in [0.15, 0.2) is 18.3 Å². The third-order valence-electron chi connectivity index (χ3n) is 4.11. The van der Waals surface area contributed by atoms with Crippen molar-refractivity contribution in [1.29, 1.82) is 0 Å². The fraction of sp³-hybridized carbons (Fsp3) is 0.667. The van der Waals surface area contributed by atoms with Crippen molar-refractivity contribution in [3.05, 3.63) is 24.0 Å². The second kappa shape index (κ2) is 6.19. The summed E-state index contributed by atoms with van der Waals surface area (Å²) in [6.07, 6.45) is 5.49. The number of anilines is 1. The molecule has 1 saturated heterocycles. The van der Waals surface area contributed by atoms with Crippen molar-refractivity contribution in [1.82, 2.24) is 9.88 Å². The number of pyridine rings is 1. The summed E-state index contributed by atoms with van der Waals surface area (Å²) < 4.78 is 0. The van der Waals surface area contributed by atoms with Crippen LogP contribution in [0.1, 0.15) is 32.4 Å². The first kappa shape index (κ1) is 13.3. The van der Waals surface area contributed by atoms with Gasteiger partial charge < -0.3 is 10.6 Å². The van der Waals surface area contributed by atoms with E-state index in [9.17, 15) is 0 Å². The van der Waals surface area contributed by atoms with Gasteiger partial charge in [0.05, 0.1) is 11.9 Å². The molecule has 3 nitrogen and oxygen atoms in total. The topological polar surface area (TPSA) is 42.1 Å². The normalized spacial score (nSPS) is 18.4. The molecular weight excluding hydrogens is 222 g/mol. The Morgan fingerprint density at radius 1 is 1.33 bits per heavy atom. The van der Waals surface area contributed by atoms with Gasteiger partial charge in [-0.1, -0.05) is 13.8 Å². The molecule has 0 aliphatic carbocycles. The number of nitrogens with zero attached hydrogens (tertiary/aromatic N) is 2. The highest BCUT2D eigenvalue weighted by molar-refractivity contribution is 5.34. The average Bonchev–Trinajstić information content (AvgIpc) is 2.38. The maximum atomic E-state index is 5.64. The molecule has 18 heavy (non-hydrogen) atoms. The molecule has 0 atom stereocenters. The predicted molar refractivity (Wildman–Crippen MR) is 76.4 cm³/mol. The number of aromatic nitrogens is 1. The fourth-order valence-corrected chi connectivity index (χ4v) is 2.70. The maximum absolute atomic E-state index is 5.64. The minimum atomic E-state index is 0.747. The maximum Gasteiger partial charge on any atom is 0.0501 e. The summed E-state index contributed by atoms with van der Waals surface area (Å²) in [6.45, 7) is 8.31. The third kappa shape index (κ3) is 3.70. The summed E-state index contributed by atoms with van der Waals surface area (Å²) in [5, 5.41) is 0. The highest BCUT2D eigenvalue weighted by Gasteiger charge is 2.21. The molecule has 0 spiro atoms. The minimum Gasteiger partial charge on any atom is -0.397 e. The SMILES string of the molecule is CC(C)C1CCN(CCc2ccc(N)cn2)CC1. The predicted octanol–water partition coefficient (Wildman–Crippen LogP) is 2.57. The molecule has 0 bridgehead atoms. The van der Waals surface area contributed by atoms with Gasteiger partial charge in [-0.2, -0.15) is 0 Å². The first-order valence-corrected chi connectivity index (χ1v) is 7.08. The molecule has 2 rings (SSSR count). The third-order valence-corrected chi connectivity index (χ3v) is 4.11. The van der Waals surface area contributed by atoms with Crippen LogP contribution >= 0.6 is 0 Å². The molecule has 0 unspecified atom stereocenters. The first-order valence-electron chi connectivity index (χ1n) is 7.08. The Morgan fingerprint density at radius 2 is 2.06 bits per heavy atom. The summed E-state index contributed by atoms with van der Waals surface area (Å²) in [5.74, 6) is 1.77. The molecule has 3 heteroatoms. The molecular formula is C15H25N3. The quantitative estimate of drug-likeness (QED) is 0.889. The van der Waals surface area contributed by atoms with Crippen LogP contribution in [0.5, 0.6) is 0 Å². The van der Waals surface area contributed by atoms with Crippen LogP contribution in [0.25, 0.3) is 0 Å². The fourth-order valence-electron chi connectivity index (χ4n) is 2.70. The molecule has 100 valence electrons. The highest BCUT2D eigenvalue weighted by atomic mass is 15.1. The molecule has 2 heterocycles. The standard InChI is InChI=1S/C15H25N3/c1-12(2)13-5-8-18(9-6-13)10-7-15-4-3-14(16)11-17-15/h3-4,11-13H,5-10,16H2,1-2H3. The largest absolute Gasteiger partial charge is 0.397 e. The molecule has 1 aliphatic heterocycles. The van der Waals surface area contributed by atoms with Gasteiger partial charge in [0.25, 0.3) is 0 Å². The number of rotatable bonds is 4. The molecule has 1 aromatic heterocycles. The summed E-state index contributed by atoms with van der Waals surface area (Å²) >= 11 is 0. The van der Waals surface area contributed by atoms with Gasteiger partial charge in [-0.05, 0) is 49.9 Å². The number of hydrogen-bond donors (Lipinski definition) is 1. The summed E-state index contributed by atoms with van der Waals surface area (Å²) in [7, 11) is 0. The van der Waals surface area contributed by atoms with E-state index in [4.69, 9.17) is 5.73 Å². The zero-order valence-corrected chi connectivity index (χ0v) is 11.6. The van der Waals surface area contributed by atoms with Crippen molar-refractivity contribution in [2.75, 3.05) is 25.4 Å². The van der Waals surface area contributed by atoms with Crippen molar-refractivity contribution in [3.8, 4) is 0 Å². The highest BCUT2D eigenvalue weighted by Crippen LogP contribution is 2.24. The molecule has 0 aromatic carbocycles. The summed E-state index contributed by atoms with van der Waals surface area (Å²) in [6, 6.07) is 3.98. The molecule has 0 saturated carbocycles. The Balaban J connectivity index is 1.74. The van der Waals surface area contributed by atoms with E-state index in [0.29, 0.717) is 0 Å². The van der Waals surface area contributed by atoms with Crippen LogP contribution in [0, 0.1) is 11.8 Å². The van der Waals surface area contributed by atoms with E-state index in [1.807, 2.05) is 12.1 Å². The van der Waals surface area contributed by atoms with Gasteiger partial charge in [0.15, 0.2) is 0 Å². The second-order valence-electron chi connectivity index (χ2n) is 5.76. The van der Waals surface area contributed by atoms with E-state index in [1.54, 1.807) is 6.20 Å². The van der Waals surface area contributed by atoms with Gasteiger partial charge in [-0.3, -0.25) is 4.98 Å². The molecule has 2 N–H and O–H groups in total. The van der Waals surface area contributed by atoms with Crippen molar-refractivity contribution in [3.63, 3.8) is 0 Å². The lowest BCUT2D eigenvalue weighted by Gasteiger charge is -2.33. The Kier molecular flexibility index (Phi) is 4.59. The number of likely N-dealkylation sites (tertiary alicyclic amines) is 1. The van der Waals surface area contributed by atoms with Crippen LogP contribution in [0.4, 0.5) is 5.69 Å². The lowest BCUT2D eigenvalue weighted by atomic mass is 9.87. The van der Waals surface area contributed by atoms with Crippen molar-refractivity contribution in [2.24, 2.45) is 11.8 Å². The van der Waals surface area contributed by atoms with E-state index in [1.165, 1.54) is 25.9 Å². The lowest BCUT2D eigenvalue weighted by Crippen LogP contribution is -2.36.